The Bertz CT molecular complexity index is 840. The van der Waals surface area contributed by atoms with E-state index in [1.807, 2.05) is 0 Å². The summed E-state index contributed by atoms with van der Waals surface area (Å²) in [4.78, 5) is 23.7. The van der Waals surface area contributed by atoms with Crippen molar-refractivity contribution in [2.24, 2.45) is 0 Å². The van der Waals surface area contributed by atoms with Gasteiger partial charge in [-0.15, -0.1) is 0 Å². The molecule has 25 heavy (non-hydrogen) atoms. The van der Waals surface area contributed by atoms with Gasteiger partial charge in [-0.1, -0.05) is 47.5 Å². The highest BCUT2D eigenvalue weighted by molar-refractivity contribution is 7.80. The summed E-state index contributed by atoms with van der Waals surface area (Å²) < 4.78 is 0. The summed E-state index contributed by atoms with van der Waals surface area (Å²) in [6, 6.07) is 13.5. The lowest BCUT2D eigenvalue weighted by Crippen LogP contribution is -2.48. The van der Waals surface area contributed by atoms with Gasteiger partial charge in [-0.05, 0) is 48.1 Å². The predicted octanol–water partition coefficient (Wildman–Crippen LogP) is 3.34. The van der Waals surface area contributed by atoms with Gasteiger partial charge in [0.05, 0.1) is 0 Å². The van der Waals surface area contributed by atoms with Crippen molar-refractivity contribution in [3.05, 3.63) is 75.8 Å². The normalized spacial score (nSPS) is 10.3. The van der Waals surface area contributed by atoms with Crippen LogP contribution in [0.3, 0.4) is 0 Å². The Kier molecular flexibility index (Phi) is 6.94. The minimum atomic E-state index is -0.463. The number of thiocarbonyl (C=S) groups is 1. The molecule has 0 atom stereocenters. The van der Waals surface area contributed by atoms with Gasteiger partial charge < -0.3 is 0 Å². The molecule has 0 bridgehead atoms. The maximum absolute atomic E-state index is 11.9. The maximum atomic E-state index is 11.9. The highest BCUT2D eigenvalue weighted by atomic mass is 35.5. The molecule has 2 aromatic carbocycles. The zero-order valence-electron chi connectivity index (χ0n) is 12.8. The number of hydrogen-bond acceptors (Lipinski definition) is 3. The molecule has 5 nitrogen and oxygen atoms in total. The van der Waals surface area contributed by atoms with Gasteiger partial charge in [0, 0.05) is 21.7 Å². The van der Waals surface area contributed by atoms with Crippen LogP contribution in [0.25, 0.3) is 6.08 Å². The van der Waals surface area contributed by atoms with Gasteiger partial charge in [0.1, 0.15) is 0 Å². The van der Waals surface area contributed by atoms with Gasteiger partial charge in [0.2, 0.25) is 5.91 Å². The fourth-order valence-electron chi connectivity index (χ4n) is 1.78. The van der Waals surface area contributed by atoms with E-state index in [0.717, 1.165) is 0 Å². The highest BCUT2D eigenvalue weighted by Gasteiger charge is 2.07. The summed E-state index contributed by atoms with van der Waals surface area (Å²) in [7, 11) is 0. The highest BCUT2D eigenvalue weighted by Crippen LogP contribution is 2.16. The Morgan fingerprint density at radius 3 is 2.48 bits per heavy atom. The minimum Gasteiger partial charge on any atom is -0.298 e. The van der Waals surface area contributed by atoms with Crippen LogP contribution < -0.4 is 16.2 Å². The molecule has 0 aliphatic heterocycles. The Balaban J connectivity index is 1.82. The predicted molar refractivity (Wildman–Crippen MR) is 103 cm³/mol. The third kappa shape index (κ3) is 6.19. The fourth-order valence-corrected chi connectivity index (χ4v) is 2.32. The smallest absolute Gasteiger partial charge is 0.269 e. The zero-order chi connectivity index (χ0) is 18.2. The summed E-state index contributed by atoms with van der Waals surface area (Å²) in [6.45, 7) is 0. The monoisotopic (exact) mass is 393 g/mol. The second-order valence-electron chi connectivity index (χ2n) is 4.76. The molecule has 0 aliphatic carbocycles. The number of hydrogen-bond donors (Lipinski definition) is 3. The molecule has 0 aromatic heterocycles. The van der Waals surface area contributed by atoms with Crippen molar-refractivity contribution in [2.45, 2.75) is 0 Å². The zero-order valence-corrected chi connectivity index (χ0v) is 15.1. The van der Waals surface area contributed by atoms with Crippen molar-refractivity contribution >= 4 is 58.4 Å². The van der Waals surface area contributed by atoms with Gasteiger partial charge in [-0.2, -0.15) is 0 Å². The molecular formula is C17H13Cl2N3O2S. The van der Waals surface area contributed by atoms with E-state index in [-0.39, 0.29) is 5.11 Å². The third-order valence-corrected chi connectivity index (χ3v) is 3.72. The minimum absolute atomic E-state index is 0.0517. The molecule has 0 heterocycles. The Morgan fingerprint density at radius 2 is 1.76 bits per heavy atom. The van der Waals surface area contributed by atoms with Crippen molar-refractivity contribution in [1.82, 2.24) is 16.2 Å². The van der Waals surface area contributed by atoms with Gasteiger partial charge in [-0.25, -0.2) is 0 Å². The van der Waals surface area contributed by atoms with Crippen molar-refractivity contribution in [2.75, 3.05) is 0 Å². The number of hydrazine groups is 1. The molecule has 2 rings (SSSR count). The van der Waals surface area contributed by atoms with Crippen LogP contribution in [0, 0.1) is 0 Å². The average Bonchev–Trinajstić information content (AvgIpc) is 2.59. The van der Waals surface area contributed by atoms with E-state index in [1.165, 1.54) is 12.1 Å². The number of amides is 2. The van der Waals surface area contributed by atoms with Crippen LogP contribution in [0.1, 0.15) is 15.9 Å². The number of benzene rings is 2. The van der Waals surface area contributed by atoms with Gasteiger partial charge in [0.15, 0.2) is 5.11 Å². The number of nitrogens with one attached hydrogen (secondary N) is 3. The second kappa shape index (κ2) is 9.17. The number of carbonyl (C=O) groups is 2. The molecule has 0 aliphatic rings. The van der Waals surface area contributed by atoms with Crippen LogP contribution >= 0.6 is 35.4 Å². The van der Waals surface area contributed by atoms with Crippen LogP contribution in [-0.4, -0.2) is 16.9 Å². The lowest BCUT2D eigenvalue weighted by atomic mass is 10.2. The maximum Gasteiger partial charge on any atom is 0.269 e. The third-order valence-electron chi connectivity index (χ3n) is 2.93. The molecule has 0 unspecified atom stereocenters. The molecule has 2 amide bonds. The molecule has 3 N–H and O–H groups in total. The van der Waals surface area contributed by atoms with Crippen LogP contribution in [0.4, 0.5) is 0 Å². The first kappa shape index (κ1) is 18.9. The van der Waals surface area contributed by atoms with E-state index in [0.29, 0.717) is 21.2 Å². The molecule has 128 valence electrons. The van der Waals surface area contributed by atoms with Crippen molar-refractivity contribution in [1.29, 1.82) is 0 Å². The fraction of sp³-hybridized carbons (Fsp3) is 0. The van der Waals surface area contributed by atoms with E-state index in [1.54, 1.807) is 48.5 Å². The summed E-state index contributed by atoms with van der Waals surface area (Å²) in [5, 5.41) is 3.31. The molecule has 0 radical (unpaired) electrons. The molecule has 8 heteroatoms. The van der Waals surface area contributed by atoms with Crippen molar-refractivity contribution < 1.29 is 9.59 Å². The van der Waals surface area contributed by atoms with E-state index in [9.17, 15) is 9.59 Å². The molecule has 0 fully saturated rings. The molecule has 0 saturated heterocycles. The van der Waals surface area contributed by atoms with Gasteiger partial charge in [-0.3, -0.25) is 25.8 Å². The summed E-state index contributed by atoms with van der Waals surface area (Å²) in [5.74, 6) is -0.903. The molecule has 0 saturated carbocycles. The Labute approximate surface area is 160 Å². The second-order valence-corrected chi connectivity index (χ2v) is 6.01. The number of halogens is 2. The molecule has 0 spiro atoms. The lowest BCUT2D eigenvalue weighted by Gasteiger charge is -2.09. The Hall–Kier alpha value is -2.41. The quantitative estimate of drug-likeness (QED) is 0.424. The standard InChI is InChI=1S/C17H13Cl2N3O2S/c18-13-6-3-5-12(10-13)16(24)21-22-17(25)20-15(23)9-8-11-4-1-2-7-14(11)19/h1-10H,(H,21,24)(H2,20,22,23,25). The first-order valence-corrected chi connectivity index (χ1v) is 8.21. The molecule has 2 aromatic rings. The largest absolute Gasteiger partial charge is 0.298 e. The van der Waals surface area contributed by atoms with Gasteiger partial charge >= 0.3 is 0 Å². The van der Waals surface area contributed by atoms with E-state index < -0.39 is 11.8 Å². The van der Waals surface area contributed by atoms with Crippen molar-refractivity contribution in [3.8, 4) is 0 Å². The summed E-state index contributed by atoms with van der Waals surface area (Å²) in [5.41, 5.74) is 5.86. The van der Waals surface area contributed by atoms with E-state index in [2.05, 4.69) is 16.2 Å². The van der Waals surface area contributed by atoms with E-state index >= 15 is 0 Å². The van der Waals surface area contributed by atoms with Crippen molar-refractivity contribution in [3.63, 3.8) is 0 Å². The summed E-state index contributed by atoms with van der Waals surface area (Å²) in [6.07, 6.45) is 2.85. The van der Waals surface area contributed by atoms with Crippen LogP contribution in [0.5, 0.6) is 0 Å². The van der Waals surface area contributed by atoms with Crippen LogP contribution in [0.2, 0.25) is 10.0 Å². The van der Waals surface area contributed by atoms with E-state index in [4.69, 9.17) is 35.4 Å². The first-order chi connectivity index (χ1) is 12.0. The topological polar surface area (TPSA) is 70.2 Å². The lowest BCUT2D eigenvalue weighted by molar-refractivity contribution is -0.115. The van der Waals surface area contributed by atoms with Crippen LogP contribution in [0.15, 0.2) is 54.6 Å². The number of carbonyl (C=O) groups excluding carboxylic acids is 2. The summed E-state index contributed by atoms with van der Waals surface area (Å²) >= 11 is 16.7. The van der Waals surface area contributed by atoms with Gasteiger partial charge in [0.25, 0.3) is 5.91 Å². The SMILES string of the molecule is O=C(C=Cc1ccccc1Cl)NC(=S)NNC(=O)c1cccc(Cl)c1. The van der Waals surface area contributed by atoms with Crippen LogP contribution in [-0.2, 0) is 4.79 Å². The number of rotatable bonds is 3. The molecular weight excluding hydrogens is 381 g/mol. The average molecular weight is 394 g/mol. The Morgan fingerprint density at radius 1 is 1.00 bits per heavy atom. The first-order valence-electron chi connectivity index (χ1n) is 7.05.